The van der Waals surface area contributed by atoms with E-state index in [9.17, 15) is 9.59 Å². The van der Waals surface area contributed by atoms with Crippen LogP contribution < -0.4 is 5.32 Å². The maximum Gasteiger partial charge on any atom is 0.335 e. The van der Waals surface area contributed by atoms with Crippen LogP contribution >= 0.6 is 0 Å². The lowest BCUT2D eigenvalue weighted by Gasteiger charge is -2.13. The van der Waals surface area contributed by atoms with Gasteiger partial charge in [0.25, 0.3) is 0 Å². The van der Waals surface area contributed by atoms with Gasteiger partial charge in [-0.2, -0.15) is 0 Å². The van der Waals surface area contributed by atoms with Gasteiger partial charge < -0.3 is 15.2 Å². The Morgan fingerprint density at radius 1 is 1.04 bits per heavy atom. The summed E-state index contributed by atoms with van der Waals surface area (Å²) >= 11 is 0. The molecule has 2 N–H and O–H groups in total. The fourth-order valence-electron chi connectivity index (χ4n) is 2.16. The maximum absolute atomic E-state index is 12.0. The smallest absolute Gasteiger partial charge is 0.335 e. The maximum atomic E-state index is 12.0. The number of amides is 1. The average Bonchev–Trinajstić information content (AvgIpc) is 2.61. The van der Waals surface area contributed by atoms with Gasteiger partial charge in [0.1, 0.15) is 6.10 Å². The number of carbonyl (C=O) groups excluding carboxylic acids is 1. The lowest BCUT2D eigenvalue weighted by Crippen LogP contribution is -2.35. The molecule has 0 aliphatic carbocycles. The summed E-state index contributed by atoms with van der Waals surface area (Å²) in [6.45, 7) is 2.59. The molecule has 0 aliphatic rings. The van der Waals surface area contributed by atoms with E-state index in [0.29, 0.717) is 19.6 Å². The first-order chi connectivity index (χ1) is 11.6. The molecular weight excluding hydrogens is 306 g/mol. The molecule has 0 saturated heterocycles. The zero-order valence-electron chi connectivity index (χ0n) is 13.6. The molecule has 5 heteroatoms. The molecular formula is C19H21NO4. The number of rotatable bonds is 8. The zero-order chi connectivity index (χ0) is 17.4. The highest BCUT2D eigenvalue weighted by Crippen LogP contribution is 2.06. The second-order valence-electron chi connectivity index (χ2n) is 5.48. The van der Waals surface area contributed by atoms with Crippen molar-refractivity contribution in [1.29, 1.82) is 0 Å². The fraction of sp³-hybridized carbons (Fsp3) is 0.263. The first-order valence-corrected chi connectivity index (χ1v) is 7.81. The number of carbonyl (C=O) groups is 2. The lowest BCUT2D eigenvalue weighted by atomic mass is 10.1. The van der Waals surface area contributed by atoms with Crippen LogP contribution in [0.3, 0.4) is 0 Å². The monoisotopic (exact) mass is 327 g/mol. The van der Waals surface area contributed by atoms with Gasteiger partial charge in [0, 0.05) is 6.54 Å². The summed E-state index contributed by atoms with van der Waals surface area (Å²) < 4.78 is 5.56. The van der Waals surface area contributed by atoms with Gasteiger partial charge in [-0.3, -0.25) is 4.79 Å². The van der Waals surface area contributed by atoms with Crippen molar-refractivity contribution in [3.8, 4) is 0 Å². The predicted molar refractivity (Wildman–Crippen MR) is 90.8 cm³/mol. The zero-order valence-corrected chi connectivity index (χ0v) is 13.6. The van der Waals surface area contributed by atoms with Crippen molar-refractivity contribution in [1.82, 2.24) is 5.32 Å². The summed E-state index contributed by atoms with van der Waals surface area (Å²) in [6.07, 6.45) is 0.108. The molecule has 0 radical (unpaired) electrons. The number of ether oxygens (including phenoxy) is 1. The molecule has 5 nitrogen and oxygen atoms in total. The van der Waals surface area contributed by atoms with Gasteiger partial charge in [0.2, 0.25) is 5.91 Å². The molecule has 1 amide bonds. The number of carboxylic acids is 1. The Hall–Kier alpha value is -2.66. The largest absolute Gasteiger partial charge is 0.478 e. The molecule has 24 heavy (non-hydrogen) atoms. The molecule has 0 heterocycles. The van der Waals surface area contributed by atoms with Gasteiger partial charge in [-0.1, -0.05) is 42.5 Å². The highest BCUT2D eigenvalue weighted by Gasteiger charge is 2.12. The molecule has 2 aromatic rings. The van der Waals surface area contributed by atoms with Crippen molar-refractivity contribution in [2.45, 2.75) is 26.1 Å². The van der Waals surface area contributed by atoms with Gasteiger partial charge in [-0.25, -0.2) is 4.79 Å². The van der Waals surface area contributed by atoms with E-state index in [2.05, 4.69) is 5.32 Å². The second kappa shape index (κ2) is 8.84. The van der Waals surface area contributed by atoms with Crippen molar-refractivity contribution in [3.05, 3.63) is 71.3 Å². The molecule has 0 fully saturated rings. The number of carboxylic acid groups (broad SMARTS) is 1. The Labute approximate surface area is 141 Å². The summed E-state index contributed by atoms with van der Waals surface area (Å²) in [5, 5.41) is 11.7. The van der Waals surface area contributed by atoms with Crippen LogP contribution in [0, 0.1) is 0 Å². The quantitative estimate of drug-likeness (QED) is 0.781. The summed E-state index contributed by atoms with van der Waals surface area (Å²) in [7, 11) is 0. The topological polar surface area (TPSA) is 75.6 Å². The highest BCUT2D eigenvalue weighted by molar-refractivity contribution is 5.87. The van der Waals surface area contributed by atoms with Crippen molar-refractivity contribution in [2.75, 3.05) is 6.54 Å². The number of nitrogens with one attached hydrogen (secondary N) is 1. The third kappa shape index (κ3) is 5.52. The third-order valence-corrected chi connectivity index (χ3v) is 3.63. The Morgan fingerprint density at radius 3 is 2.33 bits per heavy atom. The Morgan fingerprint density at radius 2 is 1.71 bits per heavy atom. The van der Waals surface area contributed by atoms with Crippen molar-refractivity contribution in [3.63, 3.8) is 0 Å². The molecule has 0 aliphatic heterocycles. The van der Waals surface area contributed by atoms with Crippen LogP contribution in [0.1, 0.15) is 28.4 Å². The van der Waals surface area contributed by atoms with Gasteiger partial charge >= 0.3 is 5.97 Å². The third-order valence-electron chi connectivity index (χ3n) is 3.63. The van der Waals surface area contributed by atoms with E-state index in [-0.39, 0.29) is 11.5 Å². The van der Waals surface area contributed by atoms with E-state index in [1.807, 2.05) is 30.3 Å². The minimum Gasteiger partial charge on any atom is -0.478 e. The lowest BCUT2D eigenvalue weighted by molar-refractivity contribution is -0.132. The molecule has 2 aromatic carbocycles. The minimum atomic E-state index is -0.945. The fourth-order valence-corrected chi connectivity index (χ4v) is 2.16. The van der Waals surface area contributed by atoms with Gasteiger partial charge in [-0.15, -0.1) is 0 Å². The molecule has 0 aromatic heterocycles. The van der Waals surface area contributed by atoms with Crippen LogP contribution in [-0.2, 0) is 22.6 Å². The Bertz CT molecular complexity index is 668. The summed E-state index contributed by atoms with van der Waals surface area (Å²) in [6, 6.07) is 16.3. The van der Waals surface area contributed by atoms with Crippen LogP contribution in [0.5, 0.6) is 0 Å². The van der Waals surface area contributed by atoms with E-state index >= 15 is 0 Å². The SMILES string of the molecule is C[C@H](OCc1ccccc1)C(=O)NCCc1ccc(C(=O)O)cc1. The molecule has 0 bridgehead atoms. The number of benzene rings is 2. The van der Waals surface area contributed by atoms with E-state index in [1.165, 1.54) is 0 Å². The molecule has 0 spiro atoms. The van der Waals surface area contributed by atoms with Crippen LogP contribution in [0.2, 0.25) is 0 Å². The minimum absolute atomic E-state index is 0.159. The predicted octanol–water partition coefficient (Wildman–Crippen LogP) is 2.65. The summed E-state index contributed by atoms with van der Waals surface area (Å²) in [5.74, 6) is -1.10. The highest BCUT2D eigenvalue weighted by atomic mass is 16.5. The number of hydrogen-bond acceptors (Lipinski definition) is 3. The van der Waals surface area contributed by atoms with E-state index in [0.717, 1.165) is 11.1 Å². The summed E-state index contributed by atoms with van der Waals surface area (Å²) in [5.41, 5.74) is 2.25. The van der Waals surface area contributed by atoms with Gasteiger partial charge in [0.05, 0.1) is 12.2 Å². The average molecular weight is 327 g/mol. The van der Waals surface area contributed by atoms with E-state index < -0.39 is 12.1 Å². The van der Waals surface area contributed by atoms with Crippen LogP contribution in [0.4, 0.5) is 0 Å². The van der Waals surface area contributed by atoms with Gasteiger partial charge in [-0.05, 0) is 36.6 Å². The van der Waals surface area contributed by atoms with Crippen molar-refractivity contribution < 1.29 is 19.4 Å². The van der Waals surface area contributed by atoms with Crippen LogP contribution in [0.25, 0.3) is 0 Å². The summed E-state index contributed by atoms with van der Waals surface area (Å²) in [4.78, 5) is 22.8. The van der Waals surface area contributed by atoms with Gasteiger partial charge in [0.15, 0.2) is 0 Å². The van der Waals surface area contributed by atoms with E-state index in [4.69, 9.17) is 9.84 Å². The van der Waals surface area contributed by atoms with E-state index in [1.54, 1.807) is 31.2 Å². The van der Waals surface area contributed by atoms with Crippen molar-refractivity contribution >= 4 is 11.9 Å². The Kier molecular flexibility index (Phi) is 6.51. The van der Waals surface area contributed by atoms with Crippen LogP contribution in [0.15, 0.2) is 54.6 Å². The molecule has 0 saturated carbocycles. The molecule has 2 rings (SSSR count). The molecule has 1 atom stereocenters. The molecule has 126 valence electrons. The number of aromatic carboxylic acids is 1. The Balaban J connectivity index is 1.71. The second-order valence-corrected chi connectivity index (χ2v) is 5.48. The molecule has 0 unspecified atom stereocenters. The number of hydrogen-bond donors (Lipinski definition) is 2. The first kappa shape index (κ1) is 17.7. The normalized spacial score (nSPS) is 11.7. The standard InChI is InChI=1S/C19H21NO4/c1-14(24-13-16-5-3-2-4-6-16)18(21)20-12-11-15-7-9-17(10-8-15)19(22)23/h2-10,14H,11-13H2,1H3,(H,20,21)(H,22,23)/t14-/m0/s1. The van der Waals surface area contributed by atoms with Crippen molar-refractivity contribution in [2.24, 2.45) is 0 Å². The van der Waals surface area contributed by atoms with Crippen LogP contribution in [-0.4, -0.2) is 29.6 Å². The first-order valence-electron chi connectivity index (χ1n) is 7.81.